The quantitative estimate of drug-likeness (QED) is 0.363. The molecule has 2 saturated heterocycles. The lowest BCUT2D eigenvalue weighted by Gasteiger charge is -2.36. The van der Waals surface area contributed by atoms with Crippen LogP contribution in [0, 0.1) is 5.41 Å². The van der Waals surface area contributed by atoms with Crippen LogP contribution in [0.15, 0.2) is 67.1 Å². The van der Waals surface area contributed by atoms with Crippen molar-refractivity contribution in [2.24, 2.45) is 5.41 Å². The molecule has 1 unspecified atom stereocenters. The fourth-order valence-electron chi connectivity index (χ4n) is 7.06. The molecule has 2 aromatic carbocycles. The van der Waals surface area contributed by atoms with Crippen LogP contribution in [0.3, 0.4) is 0 Å². The first kappa shape index (κ1) is 23.7. The maximum atomic E-state index is 6.43. The van der Waals surface area contributed by atoms with Gasteiger partial charge >= 0.3 is 0 Å². The Balaban J connectivity index is 1.11. The molecule has 3 aliphatic rings. The van der Waals surface area contributed by atoms with Gasteiger partial charge in [0.2, 0.25) is 0 Å². The van der Waals surface area contributed by atoms with Crippen LogP contribution in [0.5, 0.6) is 11.5 Å². The number of rotatable bonds is 5. The number of nitrogens with zero attached hydrogens (tertiary/aromatic N) is 4. The summed E-state index contributed by atoms with van der Waals surface area (Å²) in [5.74, 6) is 2.17. The number of para-hydroxylation sites is 1. The van der Waals surface area contributed by atoms with Gasteiger partial charge in [0.15, 0.2) is 0 Å². The number of hydrogen-bond acceptors (Lipinski definition) is 6. The van der Waals surface area contributed by atoms with E-state index in [1.807, 2.05) is 42.5 Å². The van der Waals surface area contributed by atoms with E-state index in [-0.39, 0.29) is 0 Å². The molecule has 38 heavy (non-hydrogen) atoms. The fourth-order valence-corrected chi connectivity index (χ4v) is 7.06. The van der Waals surface area contributed by atoms with E-state index < -0.39 is 0 Å². The molecule has 2 aliphatic heterocycles. The summed E-state index contributed by atoms with van der Waals surface area (Å²) in [6.45, 7) is 4.94. The van der Waals surface area contributed by atoms with E-state index in [9.17, 15) is 0 Å². The highest BCUT2D eigenvalue weighted by molar-refractivity contribution is 6.00. The molecule has 1 atom stereocenters. The Kier molecular flexibility index (Phi) is 6.05. The Hall–Kier alpha value is -3.42. The average molecular weight is 509 g/mol. The summed E-state index contributed by atoms with van der Waals surface area (Å²) in [5, 5.41) is 4.54. The molecule has 1 aliphatic carbocycles. The van der Waals surface area contributed by atoms with Crippen molar-refractivity contribution in [1.29, 1.82) is 0 Å². The molecule has 4 heterocycles. The molecular weight excluding hydrogens is 472 g/mol. The third-order valence-electron chi connectivity index (χ3n) is 9.16. The summed E-state index contributed by atoms with van der Waals surface area (Å²) in [7, 11) is 0. The molecule has 7 rings (SSSR count). The van der Waals surface area contributed by atoms with Crippen LogP contribution in [0.1, 0.15) is 44.6 Å². The summed E-state index contributed by atoms with van der Waals surface area (Å²) in [5.41, 5.74) is 10.1. The van der Waals surface area contributed by atoms with Gasteiger partial charge in [-0.3, -0.25) is 4.90 Å². The van der Waals surface area contributed by atoms with Crippen LogP contribution in [0.2, 0.25) is 0 Å². The molecule has 0 amide bonds. The number of aromatic nitrogens is 3. The number of ether oxygens (including phenoxy) is 1. The van der Waals surface area contributed by atoms with E-state index in [1.54, 1.807) is 6.33 Å². The summed E-state index contributed by atoms with van der Waals surface area (Å²) in [4.78, 5) is 11.8. The fraction of sp³-hybridized carbons (Fsp3) is 0.419. The second-order valence-corrected chi connectivity index (χ2v) is 11.5. The Morgan fingerprint density at radius 1 is 0.895 bits per heavy atom. The van der Waals surface area contributed by atoms with E-state index in [1.165, 1.54) is 64.7 Å². The minimum absolute atomic E-state index is 0.433. The van der Waals surface area contributed by atoms with Gasteiger partial charge in [0.1, 0.15) is 29.3 Å². The Morgan fingerprint density at radius 3 is 2.42 bits per heavy atom. The molecule has 4 aromatic rings. The van der Waals surface area contributed by atoms with Crippen LogP contribution in [-0.4, -0.2) is 51.7 Å². The molecule has 7 nitrogen and oxygen atoms in total. The highest BCUT2D eigenvalue weighted by atomic mass is 16.5. The van der Waals surface area contributed by atoms with E-state index in [2.05, 4.69) is 38.1 Å². The third kappa shape index (κ3) is 4.33. The van der Waals surface area contributed by atoms with Crippen LogP contribution in [0.25, 0.3) is 22.2 Å². The van der Waals surface area contributed by atoms with Crippen molar-refractivity contribution in [2.75, 3.05) is 31.9 Å². The first-order valence-corrected chi connectivity index (χ1v) is 14.1. The molecule has 1 saturated carbocycles. The molecule has 3 N–H and O–H groups in total. The van der Waals surface area contributed by atoms with Crippen molar-refractivity contribution in [3.8, 4) is 22.6 Å². The molecule has 1 spiro atoms. The lowest BCUT2D eigenvalue weighted by atomic mass is 9.86. The summed E-state index contributed by atoms with van der Waals surface area (Å²) in [6, 6.07) is 19.2. The van der Waals surface area contributed by atoms with Gasteiger partial charge in [-0.15, -0.1) is 0 Å². The molecule has 0 radical (unpaired) electrons. The van der Waals surface area contributed by atoms with Gasteiger partial charge < -0.3 is 20.4 Å². The number of nitrogens with one attached hydrogen (secondary N) is 1. The second-order valence-electron chi connectivity index (χ2n) is 11.5. The molecular formula is C31H36N6O. The van der Waals surface area contributed by atoms with Gasteiger partial charge in [-0.25, -0.2) is 9.97 Å². The lowest BCUT2D eigenvalue weighted by molar-refractivity contribution is 0.151. The first-order valence-electron chi connectivity index (χ1n) is 14.1. The van der Waals surface area contributed by atoms with Crippen LogP contribution in [-0.2, 0) is 0 Å². The van der Waals surface area contributed by atoms with Gasteiger partial charge in [-0.05, 0) is 86.9 Å². The van der Waals surface area contributed by atoms with E-state index in [0.717, 1.165) is 33.7 Å². The topological polar surface area (TPSA) is 81.2 Å². The Morgan fingerprint density at radius 2 is 1.66 bits per heavy atom. The summed E-state index contributed by atoms with van der Waals surface area (Å²) in [6.07, 6.45) is 11.4. The SMILES string of the molecule is Nc1ncnc2c1c(-c1ccc(Oc3ccccc3)cc1)cn2[C@H]1CC[C@H](N2CCC3(CCNC3)C2)CC1. The van der Waals surface area contributed by atoms with Gasteiger partial charge in [0, 0.05) is 36.9 Å². The predicted octanol–water partition coefficient (Wildman–Crippen LogP) is 5.64. The zero-order valence-electron chi connectivity index (χ0n) is 21.9. The van der Waals surface area contributed by atoms with Crippen molar-refractivity contribution in [1.82, 2.24) is 24.8 Å². The van der Waals surface area contributed by atoms with Crippen LogP contribution in [0.4, 0.5) is 5.82 Å². The summed E-state index contributed by atoms with van der Waals surface area (Å²) >= 11 is 0. The highest BCUT2D eigenvalue weighted by Gasteiger charge is 2.42. The average Bonchev–Trinajstić information content (AvgIpc) is 3.70. The smallest absolute Gasteiger partial charge is 0.146 e. The third-order valence-corrected chi connectivity index (χ3v) is 9.16. The number of nitrogen functional groups attached to an aromatic ring is 1. The number of anilines is 1. The number of likely N-dealkylation sites (tertiary alicyclic amines) is 1. The summed E-state index contributed by atoms with van der Waals surface area (Å²) < 4.78 is 8.38. The predicted molar refractivity (Wildman–Crippen MR) is 151 cm³/mol. The zero-order chi connectivity index (χ0) is 25.5. The lowest BCUT2D eigenvalue weighted by Crippen LogP contribution is -2.39. The van der Waals surface area contributed by atoms with Crippen molar-refractivity contribution >= 4 is 16.9 Å². The molecule has 2 aromatic heterocycles. The van der Waals surface area contributed by atoms with Crippen LogP contribution < -0.4 is 15.8 Å². The zero-order valence-corrected chi connectivity index (χ0v) is 21.9. The highest BCUT2D eigenvalue weighted by Crippen LogP contribution is 2.42. The molecule has 3 fully saturated rings. The van der Waals surface area contributed by atoms with Gasteiger partial charge in [0.25, 0.3) is 0 Å². The standard InChI is InChI=1S/C31H36N6O/c32-29-28-27(22-6-12-26(13-7-22)38-25-4-2-1-3-5-25)18-37(30(28)35-21-34-29)24-10-8-23(9-11-24)36-17-15-31(20-36)14-16-33-19-31/h1-7,12-13,18,21,23-24,33H,8-11,14-17,19-20H2,(H2,32,34,35)/t23-,24-,31?. The van der Waals surface area contributed by atoms with Gasteiger partial charge in [-0.1, -0.05) is 30.3 Å². The number of hydrogen-bond donors (Lipinski definition) is 2. The number of benzene rings is 2. The maximum Gasteiger partial charge on any atom is 0.146 e. The van der Waals surface area contributed by atoms with Crippen molar-refractivity contribution in [3.63, 3.8) is 0 Å². The number of fused-ring (bicyclic) bond motifs is 1. The van der Waals surface area contributed by atoms with Crippen molar-refractivity contribution in [3.05, 3.63) is 67.1 Å². The van der Waals surface area contributed by atoms with E-state index in [4.69, 9.17) is 15.5 Å². The normalized spacial score (nSPS) is 25.9. The molecule has 196 valence electrons. The van der Waals surface area contributed by atoms with Crippen molar-refractivity contribution < 1.29 is 4.74 Å². The van der Waals surface area contributed by atoms with Gasteiger partial charge in [0.05, 0.1) is 5.39 Å². The minimum atomic E-state index is 0.433. The number of nitrogens with two attached hydrogens (primary N) is 1. The van der Waals surface area contributed by atoms with Crippen molar-refractivity contribution in [2.45, 2.75) is 50.6 Å². The van der Waals surface area contributed by atoms with Crippen LogP contribution >= 0.6 is 0 Å². The Labute approximate surface area is 224 Å². The van der Waals surface area contributed by atoms with E-state index in [0.29, 0.717) is 23.3 Å². The minimum Gasteiger partial charge on any atom is -0.457 e. The van der Waals surface area contributed by atoms with Gasteiger partial charge in [-0.2, -0.15) is 0 Å². The maximum absolute atomic E-state index is 6.43. The van der Waals surface area contributed by atoms with E-state index >= 15 is 0 Å². The molecule has 0 bridgehead atoms. The largest absolute Gasteiger partial charge is 0.457 e. The second kappa shape index (κ2) is 9.71. The molecule has 7 heteroatoms. The monoisotopic (exact) mass is 508 g/mol. The first-order chi connectivity index (χ1) is 18.7. The Bertz CT molecular complexity index is 1400.